The summed E-state index contributed by atoms with van der Waals surface area (Å²) in [5, 5.41) is 0. The molecule has 0 amide bonds. The van der Waals surface area contributed by atoms with Gasteiger partial charge in [0.25, 0.3) is 10.1 Å². The molecule has 0 saturated heterocycles. The zero-order chi connectivity index (χ0) is 23.1. The molecule has 0 aliphatic rings. The molecule has 0 spiro atoms. The fraction of sp³-hybridized carbons (Fsp3) is 0.900. The first kappa shape index (κ1) is 27.8. The Morgan fingerprint density at radius 1 is 0.966 bits per heavy atom. The van der Waals surface area contributed by atoms with E-state index in [0.29, 0.717) is 37.0 Å². The molecule has 0 fully saturated rings. The van der Waals surface area contributed by atoms with Crippen LogP contribution in [-0.2, 0) is 29.2 Å². The molecule has 9 heteroatoms. The van der Waals surface area contributed by atoms with Crippen molar-refractivity contribution < 1.29 is 36.5 Å². The van der Waals surface area contributed by atoms with Gasteiger partial charge in [-0.3, -0.25) is 14.1 Å². The largest absolute Gasteiger partial charge is 0.465 e. The van der Waals surface area contributed by atoms with Gasteiger partial charge in [-0.05, 0) is 40.0 Å². The van der Waals surface area contributed by atoms with E-state index in [9.17, 15) is 18.0 Å². The number of likely N-dealkylation sites (N-methyl/N-ethyl adjacent to an activating group) is 1. The summed E-state index contributed by atoms with van der Waals surface area (Å²) in [6, 6.07) is 0. The Kier molecular flexibility index (Phi) is 10.3. The zero-order valence-electron chi connectivity index (χ0n) is 19.3. The molecular formula is C20H40NO7S+. The third-order valence-electron chi connectivity index (χ3n) is 4.63. The number of quaternary nitrogens is 1. The Morgan fingerprint density at radius 2 is 1.45 bits per heavy atom. The second kappa shape index (κ2) is 10.7. The third-order valence-corrected chi connectivity index (χ3v) is 5.44. The van der Waals surface area contributed by atoms with Gasteiger partial charge in [-0.1, -0.05) is 13.8 Å². The lowest BCUT2D eigenvalue weighted by Crippen LogP contribution is -2.44. The summed E-state index contributed by atoms with van der Waals surface area (Å²) in [6.45, 7) is 12.5. The lowest BCUT2D eigenvalue weighted by atomic mass is 9.75. The number of hydrogen-bond donors (Lipinski definition) is 1. The van der Waals surface area contributed by atoms with Crippen molar-refractivity contribution in [2.75, 3.05) is 46.2 Å². The molecule has 0 radical (unpaired) electrons. The molecule has 0 heterocycles. The van der Waals surface area contributed by atoms with E-state index in [0.717, 1.165) is 0 Å². The molecular weight excluding hydrogens is 398 g/mol. The maximum Gasteiger partial charge on any atom is 0.311 e. The third kappa shape index (κ3) is 12.2. The smallest absolute Gasteiger partial charge is 0.311 e. The number of rotatable bonds is 13. The molecule has 29 heavy (non-hydrogen) atoms. The fourth-order valence-corrected chi connectivity index (χ4v) is 3.55. The van der Waals surface area contributed by atoms with E-state index in [-0.39, 0.29) is 30.2 Å². The molecule has 8 nitrogen and oxygen atoms in total. The zero-order valence-corrected chi connectivity index (χ0v) is 20.1. The minimum atomic E-state index is -3.97. The molecule has 0 aromatic rings. The van der Waals surface area contributed by atoms with Crippen molar-refractivity contribution in [3.63, 3.8) is 0 Å². The van der Waals surface area contributed by atoms with Crippen LogP contribution in [-0.4, -0.2) is 75.5 Å². The lowest BCUT2D eigenvalue weighted by Gasteiger charge is -2.33. The number of esters is 2. The summed E-state index contributed by atoms with van der Waals surface area (Å²) in [4.78, 5) is 24.9. The topological polar surface area (TPSA) is 107 Å². The molecule has 0 aromatic carbocycles. The lowest BCUT2D eigenvalue weighted by molar-refractivity contribution is -0.890. The van der Waals surface area contributed by atoms with Crippen LogP contribution in [0.15, 0.2) is 0 Å². The van der Waals surface area contributed by atoms with E-state index in [1.54, 1.807) is 27.7 Å². The summed E-state index contributed by atoms with van der Waals surface area (Å²) in [7, 11) is -0.167. The summed E-state index contributed by atoms with van der Waals surface area (Å²) in [5.41, 5.74) is -1.68. The minimum Gasteiger partial charge on any atom is -0.465 e. The van der Waals surface area contributed by atoms with Crippen LogP contribution in [0.25, 0.3) is 0 Å². The summed E-state index contributed by atoms with van der Waals surface area (Å²) >= 11 is 0. The summed E-state index contributed by atoms with van der Waals surface area (Å²) in [6.07, 6.45) is 0.611. The average molecular weight is 439 g/mol. The first-order valence-electron chi connectivity index (χ1n) is 10.00. The first-order valence-corrected chi connectivity index (χ1v) is 11.6. The van der Waals surface area contributed by atoms with E-state index in [1.165, 1.54) is 0 Å². The Hall–Kier alpha value is -1.19. The van der Waals surface area contributed by atoms with Crippen LogP contribution >= 0.6 is 0 Å². The van der Waals surface area contributed by atoms with Gasteiger partial charge in [0.1, 0.15) is 13.2 Å². The van der Waals surface area contributed by atoms with Crippen LogP contribution < -0.4 is 0 Å². The maximum atomic E-state index is 12.6. The van der Waals surface area contributed by atoms with Crippen molar-refractivity contribution in [2.24, 2.45) is 16.7 Å². The van der Waals surface area contributed by atoms with Crippen molar-refractivity contribution >= 4 is 22.1 Å². The second-order valence-corrected chi connectivity index (χ2v) is 11.7. The number of ether oxygens (including phenoxy) is 2. The molecule has 0 rings (SSSR count). The Labute approximate surface area is 176 Å². The van der Waals surface area contributed by atoms with E-state index < -0.39 is 20.9 Å². The van der Waals surface area contributed by atoms with E-state index in [4.69, 9.17) is 14.0 Å². The van der Waals surface area contributed by atoms with E-state index >= 15 is 0 Å². The van der Waals surface area contributed by atoms with Crippen LogP contribution in [0.1, 0.15) is 54.4 Å². The van der Waals surface area contributed by atoms with Gasteiger partial charge in [0.2, 0.25) is 0 Å². The van der Waals surface area contributed by atoms with Crippen molar-refractivity contribution in [2.45, 2.75) is 54.4 Å². The van der Waals surface area contributed by atoms with Crippen LogP contribution in [0.4, 0.5) is 0 Å². The van der Waals surface area contributed by atoms with Crippen LogP contribution in [0.5, 0.6) is 0 Å². The molecule has 0 bridgehead atoms. The van der Waals surface area contributed by atoms with Gasteiger partial charge in [-0.2, -0.15) is 8.42 Å². The molecule has 0 unspecified atom stereocenters. The van der Waals surface area contributed by atoms with Gasteiger partial charge in [-0.15, -0.1) is 0 Å². The predicted octanol–water partition coefficient (Wildman–Crippen LogP) is 2.53. The molecule has 0 aromatic heterocycles. The average Bonchev–Trinajstić information content (AvgIpc) is 2.49. The molecule has 1 N–H and O–H groups in total. The SMILES string of the molecule is CC(C)COC(=O)C(C)(C)CC(C)(C)C(=O)OCC[N+](C)(C)CCCS(=O)(=O)O. The minimum absolute atomic E-state index is 0.180. The van der Waals surface area contributed by atoms with Gasteiger partial charge in [0.05, 0.1) is 43.8 Å². The normalized spacial score (nSPS) is 13.4. The van der Waals surface area contributed by atoms with Crippen molar-refractivity contribution in [3.8, 4) is 0 Å². The highest BCUT2D eigenvalue weighted by molar-refractivity contribution is 7.85. The number of nitrogens with zero attached hydrogens (tertiary/aromatic N) is 1. The van der Waals surface area contributed by atoms with Gasteiger partial charge in [0, 0.05) is 6.42 Å². The predicted molar refractivity (Wildman–Crippen MR) is 112 cm³/mol. The highest BCUT2D eigenvalue weighted by Gasteiger charge is 2.41. The summed E-state index contributed by atoms with van der Waals surface area (Å²) < 4.78 is 41.7. The van der Waals surface area contributed by atoms with Gasteiger partial charge in [0.15, 0.2) is 0 Å². The van der Waals surface area contributed by atoms with E-state index in [2.05, 4.69) is 0 Å². The number of hydrogen-bond acceptors (Lipinski definition) is 6. The summed E-state index contributed by atoms with van der Waals surface area (Å²) in [5.74, 6) is -0.765. The molecule has 172 valence electrons. The van der Waals surface area contributed by atoms with Gasteiger partial charge >= 0.3 is 11.9 Å². The Balaban J connectivity index is 4.61. The Bertz CT molecular complexity index is 652. The Morgan fingerprint density at radius 3 is 1.90 bits per heavy atom. The van der Waals surface area contributed by atoms with Crippen LogP contribution in [0.3, 0.4) is 0 Å². The maximum absolute atomic E-state index is 12.6. The standard InChI is InChI=1S/C20H39NO7S/c1-16(2)14-28-18(23)20(5,6)15-19(3,4)17(22)27-12-11-21(7,8)10-9-13-29(24,25)26/h16H,9-15H2,1-8H3/p+1. The highest BCUT2D eigenvalue weighted by Crippen LogP contribution is 2.35. The van der Waals surface area contributed by atoms with Crippen molar-refractivity contribution in [3.05, 3.63) is 0 Å². The van der Waals surface area contributed by atoms with Gasteiger partial charge in [-0.25, -0.2) is 0 Å². The van der Waals surface area contributed by atoms with Crippen molar-refractivity contribution in [1.29, 1.82) is 0 Å². The molecule has 0 aliphatic carbocycles. The molecule has 0 atom stereocenters. The fourth-order valence-electron chi connectivity index (χ4n) is 3.05. The highest BCUT2D eigenvalue weighted by atomic mass is 32.2. The monoisotopic (exact) mass is 438 g/mol. The van der Waals surface area contributed by atoms with Crippen LogP contribution in [0, 0.1) is 16.7 Å². The molecule has 0 saturated carbocycles. The van der Waals surface area contributed by atoms with Crippen molar-refractivity contribution in [1.82, 2.24) is 0 Å². The number of carbonyl (C=O) groups is 2. The quantitative estimate of drug-likeness (QED) is 0.267. The van der Waals surface area contributed by atoms with Crippen LogP contribution in [0.2, 0.25) is 0 Å². The second-order valence-electron chi connectivity index (χ2n) is 10.1. The van der Waals surface area contributed by atoms with E-state index in [1.807, 2.05) is 27.9 Å². The van der Waals surface area contributed by atoms with Gasteiger partial charge < -0.3 is 14.0 Å². The first-order chi connectivity index (χ1) is 12.9. The molecule has 0 aliphatic heterocycles. The number of carbonyl (C=O) groups excluding carboxylic acids is 2.